The first kappa shape index (κ1) is 13.4. The molecule has 5 nitrogen and oxygen atoms in total. The first-order valence-corrected chi connectivity index (χ1v) is 6.12. The van der Waals surface area contributed by atoms with Gasteiger partial charge in [-0.2, -0.15) is 0 Å². The van der Waals surface area contributed by atoms with Crippen molar-refractivity contribution in [2.75, 3.05) is 19.8 Å². The summed E-state index contributed by atoms with van der Waals surface area (Å²) < 4.78 is 15.9. The third kappa shape index (κ3) is 2.56. The van der Waals surface area contributed by atoms with Crippen molar-refractivity contribution >= 4 is 16.9 Å². The van der Waals surface area contributed by atoms with Crippen LogP contribution in [0.15, 0.2) is 22.6 Å². The summed E-state index contributed by atoms with van der Waals surface area (Å²) in [5.41, 5.74) is 1.25. The highest BCUT2D eigenvalue weighted by atomic mass is 16.5. The van der Waals surface area contributed by atoms with Crippen LogP contribution in [0.25, 0.3) is 11.0 Å². The number of fused-ring (bicyclic) bond motifs is 1. The van der Waals surface area contributed by atoms with Crippen LogP contribution < -0.4 is 4.74 Å². The average molecular weight is 264 g/mol. The number of rotatable bonds is 5. The monoisotopic (exact) mass is 264 g/mol. The predicted molar refractivity (Wildman–Crippen MR) is 69.5 cm³/mol. The Morgan fingerprint density at radius 3 is 2.89 bits per heavy atom. The lowest BCUT2D eigenvalue weighted by Gasteiger charge is -2.05. The summed E-state index contributed by atoms with van der Waals surface area (Å²) >= 11 is 0. The molecule has 1 aromatic carbocycles. The fraction of sp³-hybridized carbons (Fsp3) is 0.357. The number of furan rings is 1. The predicted octanol–water partition coefficient (Wildman–Crippen LogP) is 2.29. The van der Waals surface area contributed by atoms with Crippen LogP contribution in [-0.2, 0) is 4.74 Å². The number of benzene rings is 1. The lowest BCUT2D eigenvalue weighted by atomic mass is 10.1. The molecule has 2 aromatic rings. The van der Waals surface area contributed by atoms with Crippen molar-refractivity contribution in [2.24, 2.45) is 0 Å². The van der Waals surface area contributed by atoms with Gasteiger partial charge in [0.05, 0.1) is 18.6 Å². The Morgan fingerprint density at radius 2 is 2.21 bits per heavy atom. The molecule has 1 heterocycles. The van der Waals surface area contributed by atoms with E-state index in [1.54, 1.807) is 32.0 Å². The van der Waals surface area contributed by atoms with Gasteiger partial charge in [-0.15, -0.1) is 0 Å². The molecule has 0 saturated carbocycles. The van der Waals surface area contributed by atoms with Gasteiger partial charge in [0.25, 0.3) is 0 Å². The van der Waals surface area contributed by atoms with Crippen molar-refractivity contribution in [3.8, 4) is 5.75 Å². The van der Waals surface area contributed by atoms with Crippen LogP contribution in [0.1, 0.15) is 23.0 Å². The molecule has 0 atom stereocenters. The minimum Gasteiger partial charge on any atom is -0.490 e. The number of aryl methyl sites for hydroxylation is 1. The molecule has 0 radical (unpaired) electrons. The van der Waals surface area contributed by atoms with E-state index in [0.29, 0.717) is 23.5 Å². The first-order valence-electron chi connectivity index (χ1n) is 6.12. The molecule has 1 aromatic heterocycles. The molecule has 0 unspecified atom stereocenters. The molecule has 0 bridgehead atoms. The molecule has 0 saturated heterocycles. The van der Waals surface area contributed by atoms with E-state index in [4.69, 9.17) is 19.0 Å². The van der Waals surface area contributed by atoms with Crippen LogP contribution in [0.4, 0.5) is 0 Å². The van der Waals surface area contributed by atoms with E-state index in [-0.39, 0.29) is 19.0 Å². The molecule has 5 heteroatoms. The largest absolute Gasteiger partial charge is 0.490 e. The fourth-order valence-electron chi connectivity index (χ4n) is 1.93. The van der Waals surface area contributed by atoms with Crippen molar-refractivity contribution < 1.29 is 23.8 Å². The quantitative estimate of drug-likeness (QED) is 0.839. The summed E-state index contributed by atoms with van der Waals surface area (Å²) in [6.07, 6.45) is 0. The van der Waals surface area contributed by atoms with Gasteiger partial charge in [-0.25, -0.2) is 4.79 Å². The number of carbonyl (C=O) groups is 1. The van der Waals surface area contributed by atoms with Gasteiger partial charge >= 0.3 is 5.97 Å². The van der Waals surface area contributed by atoms with Gasteiger partial charge in [-0.1, -0.05) is 6.07 Å². The zero-order valence-corrected chi connectivity index (χ0v) is 10.9. The second-order valence-corrected chi connectivity index (χ2v) is 3.98. The van der Waals surface area contributed by atoms with Crippen LogP contribution in [0.5, 0.6) is 5.75 Å². The topological polar surface area (TPSA) is 68.9 Å². The van der Waals surface area contributed by atoms with Gasteiger partial charge < -0.3 is 19.0 Å². The van der Waals surface area contributed by atoms with Crippen LogP contribution in [0, 0.1) is 6.92 Å². The summed E-state index contributed by atoms with van der Waals surface area (Å²) in [6, 6.07) is 5.30. The number of aliphatic hydroxyl groups is 1. The number of carbonyl (C=O) groups excluding carboxylic acids is 1. The summed E-state index contributed by atoms with van der Waals surface area (Å²) in [5, 5.41) is 9.54. The highest BCUT2D eigenvalue weighted by Crippen LogP contribution is 2.33. The minimum atomic E-state index is -0.482. The molecule has 0 aliphatic rings. The Balaban J connectivity index is 2.48. The molecule has 0 fully saturated rings. The summed E-state index contributed by atoms with van der Waals surface area (Å²) in [6.45, 7) is 3.94. The summed E-state index contributed by atoms with van der Waals surface area (Å²) in [5.74, 6) is 0.296. The maximum atomic E-state index is 11.8. The SMILES string of the molecule is CCOC(=O)c1oc2cccc(OCCO)c2c1C. The second-order valence-electron chi connectivity index (χ2n) is 3.98. The molecule has 0 spiro atoms. The number of hydrogen-bond acceptors (Lipinski definition) is 5. The standard InChI is InChI=1S/C14H16O5/c1-3-17-14(16)13-9(2)12-10(18-8-7-15)5-4-6-11(12)19-13/h4-6,15H,3,7-8H2,1-2H3. The van der Waals surface area contributed by atoms with Crippen molar-refractivity contribution in [2.45, 2.75) is 13.8 Å². The zero-order valence-electron chi connectivity index (χ0n) is 10.9. The Kier molecular flexibility index (Phi) is 4.06. The van der Waals surface area contributed by atoms with Gasteiger partial charge in [0.15, 0.2) is 0 Å². The maximum absolute atomic E-state index is 11.8. The molecule has 0 aliphatic heterocycles. The molecular weight excluding hydrogens is 248 g/mol. The zero-order chi connectivity index (χ0) is 13.8. The van der Waals surface area contributed by atoms with Crippen molar-refractivity contribution in [3.63, 3.8) is 0 Å². The summed E-state index contributed by atoms with van der Waals surface area (Å²) in [7, 11) is 0. The molecule has 102 valence electrons. The number of esters is 1. The normalized spacial score (nSPS) is 10.7. The second kappa shape index (κ2) is 5.75. The minimum absolute atomic E-state index is 0.0714. The molecule has 19 heavy (non-hydrogen) atoms. The van der Waals surface area contributed by atoms with E-state index in [2.05, 4.69) is 0 Å². The van der Waals surface area contributed by atoms with E-state index in [1.165, 1.54) is 0 Å². The van der Waals surface area contributed by atoms with Gasteiger partial charge in [0.1, 0.15) is 17.9 Å². The van der Waals surface area contributed by atoms with Crippen molar-refractivity contribution in [1.82, 2.24) is 0 Å². The smallest absolute Gasteiger partial charge is 0.374 e. The van der Waals surface area contributed by atoms with Crippen molar-refractivity contribution in [3.05, 3.63) is 29.5 Å². The number of aliphatic hydroxyl groups excluding tert-OH is 1. The van der Waals surface area contributed by atoms with Gasteiger partial charge in [0.2, 0.25) is 5.76 Å². The van der Waals surface area contributed by atoms with Crippen LogP contribution in [0.3, 0.4) is 0 Å². The number of ether oxygens (including phenoxy) is 2. The van der Waals surface area contributed by atoms with E-state index in [0.717, 1.165) is 5.39 Å². The Hall–Kier alpha value is -2.01. The summed E-state index contributed by atoms with van der Waals surface area (Å²) in [4.78, 5) is 11.8. The van der Waals surface area contributed by atoms with E-state index >= 15 is 0 Å². The van der Waals surface area contributed by atoms with E-state index < -0.39 is 5.97 Å². The lowest BCUT2D eigenvalue weighted by Crippen LogP contribution is -2.05. The molecule has 2 rings (SSSR count). The fourth-order valence-corrected chi connectivity index (χ4v) is 1.93. The molecule has 0 amide bonds. The highest BCUT2D eigenvalue weighted by molar-refractivity contribution is 5.98. The lowest BCUT2D eigenvalue weighted by molar-refractivity contribution is 0.0491. The van der Waals surface area contributed by atoms with Gasteiger partial charge in [-0.05, 0) is 26.0 Å². The van der Waals surface area contributed by atoms with E-state index in [1.807, 2.05) is 0 Å². The van der Waals surface area contributed by atoms with Crippen LogP contribution in [-0.4, -0.2) is 30.9 Å². The van der Waals surface area contributed by atoms with Crippen LogP contribution in [0.2, 0.25) is 0 Å². The van der Waals surface area contributed by atoms with E-state index in [9.17, 15) is 4.79 Å². The molecular formula is C14H16O5. The maximum Gasteiger partial charge on any atom is 0.374 e. The molecule has 0 aliphatic carbocycles. The van der Waals surface area contributed by atoms with Crippen LogP contribution >= 0.6 is 0 Å². The van der Waals surface area contributed by atoms with Gasteiger partial charge in [-0.3, -0.25) is 0 Å². The van der Waals surface area contributed by atoms with Crippen molar-refractivity contribution in [1.29, 1.82) is 0 Å². The average Bonchev–Trinajstić information content (AvgIpc) is 2.75. The Morgan fingerprint density at radius 1 is 1.42 bits per heavy atom. The third-order valence-electron chi connectivity index (χ3n) is 2.73. The highest BCUT2D eigenvalue weighted by Gasteiger charge is 2.20. The Labute approximate surface area is 110 Å². The van der Waals surface area contributed by atoms with Gasteiger partial charge in [0, 0.05) is 5.56 Å². The molecule has 1 N–H and O–H groups in total. The number of hydrogen-bond donors (Lipinski definition) is 1. The Bertz CT molecular complexity index is 585. The first-order chi connectivity index (χ1) is 9.19. The third-order valence-corrected chi connectivity index (χ3v) is 2.73.